The van der Waals surface area contributed by atoms with Crippen molar-refractivity contribution < 1.29 is 9.13 Å². The molecule has 0 aliphatic carbocycles. The van der Waals surface area contributed by atoms with E-state index in [4.69, 9.17) is 17.0 Å². The van der Waals surface area contributed by atoms with Crippen molar-refractivity contribution in [3.63, 3.8) is 0 Å². The first-order valence-corrected chi connectivity index (χ1v) is 6.74. The fraction of sp³-hybridized carbons (Fsp3) is 0.133. The van der Waals surface area contributed by atoms with Gasteiger partial charge < -0.3 is 9.72 Å². The molecule has 0 atom stereocenters. The van der Waals surface area contributed by atoms with Gasteiger partial charge in [0.1, 0.15) is 17.1 Å². The maximum atomic E-state index is 13.8. The van der Waals surface area contributed by atoms with Crippen LogP contribution in [0.1, 0.15) is 6.92 Å². The molecule has 3 rings (SSSR count). The summed E-state index contributed by atoms with van der Waals surface area (Å²) in [5, 5.41) is 0. The summed E-state index contributed by atoms with van der Waals surface area (Å²) in [6, 6.07) is 12.5. The summed E-state index contributed by atoms with van der Waals surface area (Å²) in [5.41, 5.74) is 1.97. The van der Waals surface area contributed by atoms with E-state index in [9.17, 15) is 4.39 Å². The predicted octanol–water partition coefficient (Wildman–Crippen LogP) is 4.23. The molecule has 3 aromatic rings. The molecule has 0 aliphatic rings. The fourth-order valence-corrected chi connectivity index (χ4v) is 2.54. The fourth-order valence-electron chi connectivity index (χ4n) is 2.23. The van der Waals surface area contributed by atoms with E-state index in [1.54, 1.807) is 10.6 Å². The number of halogens is 1. The number of fused-ring (bicyclic) bond motifs is 1. The van der Waals surface area contributed by atoms with Gasteiger partial charge in [-0.15, -0.1) is 0 Å². The molecule has 1 N–H and O–H groups in total. The van der Waals surface area contributed by atoms with Gasteiger partial charge in [0.05, 0.1) is 17.8 Å². The van der Waals surface area contributed by atoms with Crippen LogP contribution in [0.2, 0.25) is 0 Å². The lowest BCUT2D eigenvalue weighted by atomic mass is 10.2. The molecule has 102 valence electrons. The smallest absolute Gasteiger partial charge is 0.182 e. The summed E-state index contributed by atoms with van der Waals surface area (Å²) in [7, 11) is 0. The minimum atomic E-state index is -0.312. The zero-order valence-electron chi connectivity index (χ0n) is 10.9. The van der Waals surface area contributed by atoms with Crippen LogP contribution in [0.4, 0.5) is 4.39 Å². The van der Waals surface area contributed by atoms with E-state index in [1.807, 2.05) is 37.3 Å². The highest BCUT2D eigenvalue weighted by Gasteiger charge is 2.10. The molecule has 3 nitrogen and oxygen atoms in total. The van der Waals surface area contributed by atoms with Crippen molar-refractivity contribution in [2.24, 2.45) is 0 Å². The second-order valence-electron chi connectivity index (χ2n) is 4.33. The third-order valence-electron chi connectivity index (χ3n) is 3.05. The van der Waals surface area contributed by atoms with E-state index in [-0.39, 0.29) is 5.82 Å². The third kappa shape index (κ3) is 2.10. The van der Waals surface area contributed by atoms with Crippen molar-refractivity contribution in [1.82, 2.24) is 9.55 Å². The molecule has 0 saturated carbocycles. The number of rotatable bonds is 3. The lowest BCUT2D eigenvalue weighted by molar-refractivity contribution is 0.340. The number of imidazole rings is 1. The molecule has 0 aliphatic heterocycles. The molecule has 0 amide bonds. The molecule has 5 heteroatoms. The standard InChI is InChI=1S/C15H13FN2OS/c1-2-19-11-6-3-5-10(9-11)18-13-8-4-7-12(16)14(13)17-15(18)20/h3-9H,2H2,1H3,(H,17,20). The molecule has 0 radical (unpaired) electrons. The zero-order chi connectivity index (χ0) is 14.1. The van der Waals surface area contributed by atoms with Crippen molar-refractivity contribution in [1.29, 1.82) is 0 Å². The number of aromatic amines is 1. The van der Waals surface area contributed by atoms with E-state index >= 15 is 0 Å². The number of hydrogen-bond donors (Lipinski definition) is 1. The largest absolute Gasteiger partial charge is 0.494 e. The predicted molar refractivity (Wildman–Crippen MR) is 79.6 cm³/mol. The number of aromatic nitrogens is 2. The molecule has 1 aromatic heterocycles. The van der Waals surface area contributed by atoms with Crippen LogP contribution in [-0.4, -0.2) is 16.2 Å². The van der Waals surface area contributed by atoms with Crippen LogP contribution in [0.25, 0.3) is 16.7 Å². The summed E-state index contributed by atoms with van der Waals surface area (Å²) in [4.78, 5) is 2.91. The minimum Gasteiger partial charge on any atom is -0.494 e. The second kappa shape index (κ2) is 5.09. The van der Waals surface area contributed by atoms with E-state index in [0.29, 0.717) is 22.4 Å². The summed E-state index contributed by atoms with van der Waals surface area (Å²) < 4.78 is 21.5. The van der Waals surface area contributed by atoms with Gasteiger partial charge in [-0.2, -0.15) is 0 Å². The van der Waals surface area contributed by atoms with E-state index < -0.39 is 0 Å². The van der Waals surface area contributed by atoms with Crippen molar-refractivity contribution in [2.75, 3.05) is 6.61 Å². The van der Waals surface area contributed by atoms with Gasteiger partial charge in [-0.3, -0.25) is 4.57 Å². The number of ether oxygens (including phenoxy) is 1. The van der Waals surface area contributed by atoms with Gasteiger partial charge in [-0.25, -0.2) is 4.39 Å². The van der Waals surface area contributed by atoms with Crippen molar-refractivity contribution >= 4 is 23.3 Å². The SMILES string of the molecule is CCOc1cccc(-n2c(=S)[nH]c3c(F)cccc32)c1. The monoisotopic (exact) mass is 288 g/mol. The number of hydrogen-bond acceptors (Lipinski definition) is 2. The Morgan fingerprint density at radius 2 is 2.05 bits per heavy atom. The van der Waals surface area contributed by atoms with Crippen molar-refractivity contribution in [2.45, 2.75) is 6.92 Å². The molecular weight excluding hydrogens is 275 g/mol. The lowest BCUT2D eigenvalue weighted by Crippen LogP contribution is -1.96. The Bertz CT molecular complexity index is 822. The molecule has 0 saturated heterocycles. The molecule has 0 unspecified atom stereocenters. The Kier molecular flexibility index (Phi) is 3.28. The van der Waals surface area contributed by atoms with E-state index in [0.717, 1.165) is 11.4 Å². The quantitative estimate of drug-likeness (QED) is 0.731. The van der Waals surface area contributed by atoms with Crippen molar-refractivity contribution in [3.05, 3.63) is 53.1 Å². The van der Waals surface area contributed by atoms with Crippen LogP contribution in [0.3, 0.4) is 0 Å². The topological polar surface area (TPSA) is 29.9 Å². The van der Waals surface area contributed by atoms with Gasteiger partial charge in [0.15, 0.2) is 4.77 Å². The molecule has 0 fully saturated rings. The summed E-state index contributed by atoms with van der Waals surface area (Å²) in [5.74, 6) is 0.450. The van der Waals surface area contributed by atoms with Crippen LogP contribution in [0, 0.1) is 10.6 Å². The van der Waals surface area contributed by atoms with E-state index in [1.165, 1.54) is 6.07 Å². The highest BCUT2D eigenvalue weighted by atomic mass is 32.1. The number of nitrogens with zero attached hydrogens (tertiary/aromatic N) is 1. The molecular formula is C15H13FN2OS. The average molecular weight is 288 g/mol. The van der Waals surface area contributed by atoms with Gasteiger partial charge in [0, 0.05) is 6.07 Å². The number of H-pyrrole nitrogens is 1. The van der Waals surface area contributed by atoms with Gasteiger partial charge in [-0.1, -0.05) is 12.1 Å². The highest BCUT2D eigenvalue weighted by Crippen LogP contribution is 2.24. The average Bonchev–Trinajstić information content (AvgIpc) is 2.77. The number of benzene rings is 2. The summed E-state index contributed by atoms with van der Waals surface area (Å²) in [6.07, 6.45) is 0. The molecule has 1 heterocycles. The maximum Gasteiger partial charge on any atom is 0.182 e. The molecule has 0 bridgehead atoms. The first-order chi connectivity index (χ1) is 9.70. The minimum absolute atomic E-state index is 0.312. The number of para-hydroxylation sites is 1. The van der Waals surface area contributed by atoms with Crippen LogP contribution in [0.5, 0.6) is 5.75 Å². The third-order valence-corrected chi connectivity index (χ3v) is 3.34. The Balaban J connectivity index is 2.24. The normalized spacial score (nSPS) is 10.9. The van der Waals surface area contributed by atoms with Crippen molar-refractivity contribution in [3.8, 4) is 11.4 Å². The first kappa shape index (κ1) is 12.9. The molecule has 2 aromatic carbocycles. The zero-order valence-corrected chi connectivity index (χ0v) is 11.7. The first-order valence-electron chi connectivity index (χ1n) is 6.33. The van der Waals surface area contributed by atoms with Gasteiger partial charge in [-0.05, 0) is 43.4 Å². The van der Waals surface area contributed by atoms with Crippen LogP contribution >= 0.6 is 12.2 Å². The Morgan fingerprint density at radius 1 is 1.25 bits per heavy atom. The van der Waals surface area contributed by atoms with Crippen LogP contribution < -0.4 is 4.74 Å². The molecule has 0 spiro atoms. The van der Waals surface area contributed by atoms with Gasteiger partial charge in [0.2, 0.25) is 0 Å². The van der Waals surface area contributed by atoms with Gasteiger partial charge >= 0.3 is 0 Å². The van der Waals surface area contributed by atoms with Crippen LogP contribution in [0.15, 0.2) is 42.5 Å². The van der Waals surface area contributed by atoms with Crippen LogP contribution in [-0.2, 0) is 0 Å². The maximum absolute atomic E-state index is 13.8. The lowest BCUT2D eigenvalue weighted by Gasteiger charge is -2.08. The Morgan fingerprint density at radius 3 is 2.85 bits per heavy atom. The Hall–Kier alpha value is -2.14. The van der Waals surface area contributed by atoms with Gasteiger partial charge in [0.25, 0.3) is 0 Å². The summed E-state index contributed by atoms with van der Waals surface area (Å²) in [6.45, 7) is 2.52. The molecule has 20 heavy (non-hydrogen) atoms. The summed E-state index contributed by atoms with van der Waals surface area (Å²) >= 11 is 5.30. The Labute approximate surface area is 120 Å². The second-order valence-corrected chi connectivity index (χ2v) is 4.72. The van der Waals surface area contributed by atoms with E-state index in [2.05, 4.69) is 4.98 Å². The highest BCUT2D eigenvalue weighted by molar-refractivity contribution is 7.71. The number of nitrogens with one attached hydrogen (secondary N) is 1.